The summed E-state index contributed by atoms with van der Waals surface area (Å²) in [4.78, 5) is 17.6. The van der Waals surface area contributed by atoms with Crippen molar-refractivity contribution in [1.82, 2.24) is 4.98 Å². The van der Waals surface area contributed by atoms with Gasteiger partial charge in [0.1, 0.15) is 5.82 Å². The molecule has 1 unspecified atom stereocenters. The minimum atomic E-state index is -0.630. The summed E-state index contributed by atoms with van der Waals surface area (Å²) in [6, 6.07) is 13.0. The third-order valence-electron chi connectivity index (χ3n) is 5.66. The summed E-state index contributed by atoms with van der Waals surface area (Å²) >= 11 is 0. The van der Waals surface area contributed by atoms with E-state index < -0.39 is 11.0 Å². The number of non-ortho nitro benzene ring substituents is 1. The van der Waals surface area contributed by atoms with E-state index in [1.165, 1.54) is 18.2 Å². The Morgan fingerprint density at radius 2 is 1.90 bits per heavy atom. The van der Waals surface area contributed by atoms with Crippen molar-refractivity contribution < 1.29 is 14.4 Å². The van der Waals surface area contributed by atoms with Crippen molar-refractivity contribution in [2.24, 2.45) is 5.92 Å². The van der Waals surface area contributed by atoms with Crippen LogP contribution in [0, 0.1) is 28.8 Å². The Morgan fingerprint density at radius 3 is 2.55 bits per heavy atom. The average Bonchev–Trinajstić information content (AvgIpc) is 2.73. The molecule has 0 spiro atoms. The minimum absolute atomic E-state index is 0.00840. The van der Waals surface area contributed by atoms with E-state index in [0.29, 0.717) is 5.52 Å². The van der Waals surface area contributed by atoms with Crippen LogP contribution in [0.5, 0.6) is 0 Å². The topological polar surface area (TPSA) is 79.5 Å². The summed E-state index contributed by atoms with van der Waals surface area (Å²) < 4.78 is 13.1. The zero-order valence-corrected chi connectivity index (χ0v) is 16.1. The van der Waals surface area contributed by atoms with Crippen molar-refractivity contribution in [1.29, 1.82) is 0 Å². The number of nitro groups is 1. The second-order valence-electron chi connectivity index (χ2n) is 7.53. The molecule has 3 aromatic rings. The van der Waals surface area contributed by atoms with Crippen molar-refractivity contribution in [3.05, 3.63) is 75.7 Å². The van der Waals surface area contributed by atoms with Crippen LogP contribution in [0.15, 0.2) is 48.5 Å². The van der Waals surface area contributed by atoms with Gasteiger partial charge in [0, 0.05) is 35.9 Å². The highest BCUT2D eigenvalue weighted by Crippen LogP contribution is 2.36. The number of hydrogen-bond donors (Lipinski definition) is 1. The number of piperidine rings is 1. The molecular weight excluding hydrogens is 373 g/mol. The van der Waals surface area contributed by atoms with Gasteiger partial charge in [0.25, 0.3) is 5.69 Å². The van der Waals surface area contributed by atoms with Crippen molar-refractivity contribution in [2.75, 3.05) is 18.0 Å². The number of aromatic nitrogens is 1. The van der Waals surface area contributed by atoms with Gasteiger partial charge in [0.05, 0.1) is 11.0 Å². The molecule has 7 heteroatoms. The highest BCUT2D eigenvalue weighted by molar-refractivity contribution is 5.97. The SMILES string of the molecule is Cc1cc(N2CCC(C(O)c3ccc(F)cc3)CC2)c2cccc([N+](=O)[O-])c2n1. The Labute approximate surface area is 167 Å². The number of fused-ring (bicyclic) bond motifs is 1. The zero-order valence-electron chi connectivity index (χ0n) is 16.1. The first-order valence-electron chi connectivity index (χ1n) is 9.67. The van der Waals surface area contributed by atoms with Crippen molar-refractivity contribution in [3.63, 3.8) is 0 Å². The van der Waals surface area contributed by atoms with Crippen molar-refractivity contribution in [3.8, 4) is 0 Å². The van der Waals surface area contributed by atoms with Gasteiger partial charge < -0.3 is 10.0 Å². The Bertz CT molecular complexity index is 1050. The third-order valence-corrected chi connectivity index (χ3v) is 5.66. The fourth-order valence-corrected chi connectivity index (χ4v) is 4.14. The molecule has 2 heterocycles. The molecule has 1 aliphatic heterocycles. The van der Waals surface area contributed by atoms with Crippen LogP contribution in [0.4, 0.5) is 15.8 Å². The van der Waals surface area contributed by atoms with Crippen LogP contribution in [0.2, 0.25) is 0 Å². The molecule has 2 aromatic carbocycles. The second kappa shape index (κ2) is 7.75. The Balaban J connectivity index is 1.57. The van der Waals surface area contributed by atoms with Gasteiger partial charge in [-0.3, -0.25) is 10.1 Å². The predicted molar refractivity (Wildman–Crippen MR) is 109 cm³/mol. The van der Waals surface area contributed by atoms with Gasteiger partial charge in [-0.1, -0.05) is 24.3 Å². The van der Waals surface area contributed by atoms with Crippen LogP contribution in [0.25, 0.3) is 10.9 Å². The van der Waals surface area contributed by atoms with E-state index >= 15 is 0 Å². The molecule has 1 aliphatic rings. The van der Waals surface area contributed by atoms with E-state index in [9.17, 15) is 19.6 Å². The summed E-state index contributed by atoms with van der Waals surface area (Å²) in [5.41, 5.74) is 2.81. The highest BCUT2D eigenvalue weighted by Gasteiger charge is 2.28. The molecule has 6 nitrogen and oxygen atoms in total. The lowest BCUT2D eigenvalue weighted by atomic mass is 9.87. The number of aryl methyl sites for hydroxylation is 1. The fourth-order valence-electron chi connectivity index (χ4n) is 4.14. The molecular formula is C22H22FN3O3. The summed E-state index contributed by atoms with van der Waals surface area (Å²) in [5, 5.41) is 22.8. The standard InChI is InChI=1S/C22H22FN3O3/c1-14-13-20(18-3-2-4-19(26(28)29)21(18)24-14)25-11-9-16(10-12-25)22(27)15-5-7-17(23)8-6-15/h2-8,13,16,22,27H,9-12H2,1H3. The molecule has 1 N–H and O–H groups in total. The van der Waals surface area contributed by atoms with Gasteiger partial charge in [-0.15, -0.1) is 0 Å². The Morgan fingerprint density at radius 1 is 1.21 bits per heavy atom. The minimum Gasteiger partial charge on any atom is -0.388 e. The third kappa shape index (κ3) is 3.78. The normalized spacial score (nSPS) is 16.2. The number of aliphatic hydroxyl groups is 1. The molecule has 150 valence electrons. The monoisotopic (exact) mass is 395 g/mol. The lowest BCUT2D eigenvalue weighted by Gasteiger charge is -2.36. The molecule has 0 aliphatic carbocycles. The number of anilines is 1. The molecule has 1 saturated heterocycles. The number of aliphatic hydroxyl groups excluding tert-OH is 1. The van der Waals surface area contributed by atoms with Gasteiger partial charge in [0.2, 0.25) is 0 Å². The van der Waals surface area contributed by atoms with E-state index in [0.717, 1.165) is 48.3 Å². The van der Waals surface area contributed by atoms with Crippen LogP contribution in [-0.4, -0.2) is 28.1 Å². The van der Waals surface area contributed by atoms with Gasteiger partial charge in [-0.05, 0) is 49.4 Å². The molecule has 0 saturated carbocycles. The first kappa shape index (κ1) is 19.3. The van der Waals surface area contributed by atoms with Gasteiger partial charge in [0.15, 0.2) is 5.52 Å². The van der Waals surface area contributed by atoms with Crippen LogP contribution >= 0.6 is 0 Å². The molecule has 1 aromatic heterocycles. The predicted octanol–water partition coefficient (Wildman–Crippen LogP) is 4.54. The second-order valence-corrected chi connectivity index (χ2v) is 7.53. The number of halogens is 1. The number of benzene rings is 2. The van der Waals surface area contributed by atoms with Gasteiger partial charge >= 0.3 is 0 Å². The number of pyridine rings is 1. The van der Waals surface area contributed by atoms with Crippen LogP contribution in [-0.2, 0) is 0 Å². The summed E-state index contributed by atoms with van der Waals surface area (Å²) in [6.45, 7) is 3.29. The average molecular weight is 395 g/mol. The Kier molecular flexibility index (Phi) is 5.15. The van der Waals surface area contributed by atoms with Crippen molar-refractivity contribution >= 4 is 22.3 Å². The van der Waals surface area contributed by atoms with Gasteiger partial charge in [-0.2, -0.15) is 0 Å². The maximum atomic E-state index is 13.1. The van der Waals surface area contributed by atoms with Crippen LogP contribution in [0.1, 0.15) is 30.2 Å². The first-order chi connectivity index (χ1) is 13.9. The number of hydrogen-bond acceptors (Lipinski definition) is 5. The summed E-state index contributed by atoms with van der Waals surface area (Å²) in [5.74, 6) is -0.231. The van der Waals surface area contributed by atoms with Crippen LogP contribution in [0.3, 0.4) is 0 Å². The highest BCUT2D eigenvalue weighted by atomic mass is 19.1. The summed E-state index contributed by atoms with van der Waals surface area (Å²) in [7, 11) is 0. The number of nitrogens with zero attached hydrogens (tertiary/aromatic N) is 3. The Hall–Kier alpha value is -3.06. The molecule has 1 atom stereocenters. The van der Waals surface area contributed by atoms with E-state index in [-0.39, 0.29) is 17.4 Å². The molecule has 0 radical (unpaired) electrons. The zero-order chi connectivity index (χ0) is 20.5. The van der Waals surface area contributed by atoms with Gasteiger partial charge in [-0.25, -0.2) is 9.37 Å². The van der Waals surface area contributed by atoms with Crippen LogP contribution < -0.4 is 4.90 Å². The maximum absolute atomic E-state index is 13.1. The summed E-state index contributed by atoms with van der Waals surface area (Å²) in [6.07, 6.45) is 0.918. The van der Waals surface area contributed by atoms with E-state index in [2.05, 4.69) is 9.88 Å². The largest absolute Gasteiger partial charge is 0.388 e. The lowest BCUT2D eigenvalue weighted by molar-refractivity contribution is -0.383. The number of para-hydroxylation sites is 1. The molecule has 29 heavy (non-hydrogen) atoms. The molecule has 0 amide bonds. The van der Waals surface area contributed by atoms with E-state index in [1.807, 2.05) is 19.1 Å². The molecule has 1 fully saturated rings. The van der Waals surface area contributed by atoms with Crippen molar-refractivity contribution in [2.45, 2.75) is 25.9 Å². The van der Waals surface area contributed by atoms with E-state index in [1.54, 1.807) is 18.2 Å². The molecule has 0 bridgehead atoms. The van der Waals surface area contributed by atoms with E-state index in [4.69, 9.17) is 0 Å². The quantitative estimate of drug-likeness (QED) is 0.518. The maximum Gasteiger partial charge on any atom is 0.295 e. The number of rotatable bonds is 4. The first-order valence-corrected chi connectivity index (χ1v) is 9.67. The fraction of sp³-hybridized carbons (Fsp3) is 0.318. The molecule has 4 rings (SSSR count). The lowest BCUT2D eigenvalue weighted by Crippen LogP contribution is -2.35. The smallest absolute Gasteiger partial charge is 0.295 e. The number of nitro benzene ring substituents is 1.